The Morgan fingerprint density at radius 2 is 1.67 bits per heavy atom. The van der Waals surface area contributed by atoms with Crippen LogP contribution in [0, 0.1) is 12.8 Å². The Morgan fingerprint density at radius 1 is 1.00 bits per heavy atom. The highest BCUT2D eigenvalue weighted by Crippen LogP contribution is 2.41. The third kappa shape index (κ3) is 4.55. The maximum atomic E-state index is 11.1. The van der Waals surface area contributed by atoms with Crippen molar-refractivity contribution in [1.29, 1.82) is 0 Å². The molecule has 1 fully saturated rings. The molecule has 4 aromatic rings. The average Bonchev–Trinajstić information content (AvgIpc) is 3.33. The minimum Gasteiger partial charge on any atom is -0.492 e. The Kier molecular flexibility index (Phi) is 6.21. The molecule has 1 N–H and O–H groups in total. The number of fused-ring (bicyclic) bond motifs is 1. The number of piperidine rings is 1. The van der Waals surface area contributed by atoms with Gasteiger partial charge in [-0.2, -0.15) is 4.52 Å². The quantitative estimate of drug-likeness (QED) is 0.385. The van der Waals surface area contributed by atoms with Gasteiger partial charge in [0.25, 0.3) is 0 Å². The minimum absolute atomic E-state index is 0.0118. The van der Waals surface area contributed by atoms with Crippen LogP contribution in [0.25, 0.3) is 4.96 Å². The van der Waals surface area contributed by atoms with Crippen molar-refractivity contribution in [2.75, 3.05) is 13.1 Å². The molecule has 2 aromatic carbocycles. The van der Waals surface area contributed by atoms with Crippen LogP contribution in [-0.4, -0.2) is 37.7 Å². The van der Waals surface area contributed by atoms with E-state index in [9.17, 15) is 5.11 Å². The second-order valence-electron chi connectivity index (χ2n) is 9.54. The van der Waals surface area contributed by atoms with Crippen molar-refractivity contribution in [1.82, 2.24) is 19.5 Å². The first-order chi connectivity index (χ1) is 16.0. The fraction of sp³-hybridized carbons (Fsp3) is 0.407. The number of benzene rings is 2. The van der Waals surface area contributed by atoms with Gasteiger partial charge in [0.05, 0.1) is 10.9 Å². The van der Waals surface area contributed by atoms with E-state index in [1.54, 1.807) is 15.9 Å². The van der Waals surface area contributed by atoms with Gasteiger partial charge in [-0.3, -0.25) is 4.90 Å². The zero-order valence-corrected chi connectivity index (χ0v) is 20.4. The fourth-order valence-electron chi connectivity index (χ4n) is 4.98. The van der Waals surface area contributed by atoms with E-state index in [1.807, 2.05) is 6.92 Å². The molecule has 1 unspecified atom stereocenters. The second kappa shape index (κ2) is 9.27. The van der Waals surface area contributed by atoms with Gasteiger partial charge >= 0.3 is 0 Å². The number of aromatic nitrogens is 3. The van der Waals surface area contributed by atoms with E-state index in [0.29, 0.717) is 17.7 Å². The van der Waals surface area contributed by atoms with E-state index in [4.69, 9.17) is 0 Å². The van der Waals surface area contributed by atoms with E-state index < -0.39 is 0 Å². The molecule has 1 aliphatic rings. The highest BCUT2D eigenvalue weighted by Gasteiger charge is 2.32. The predicted molar refractivity (Wildman–Crippen MR) is 134 cm³/mol. The van der Waals surface area contributed by atoms with E-state index in [1.165, 1.54) is 16.7 Å². The molecule has 0 bridgehead atoms. The van der Waals surface area contributed by atoms with Crippen molar-refractivity contribution in [3.05, 3.63) is 82.0 Å². The molecular formula is C27H32N4OS. The van der Waals surface area contributed by atoms with E-state index in [-0.39, 0.29) is 11.9 Å². The molecule has 6 heteroatoms. The average molecular weight is 461 g/mol. The molecule has 33 heavy (non-hydrogen) atoms. The van der Waals surface area contributed by atoms with Crippen LogP contribution in [0.5, 0.6) is 5.88 Å². The van der Waals surface area contributed by atoms with Crippen molar-refractivity contribution >= 4 is 16.3 Å². The first-order valence-electron chi connectivity index (χ1n) is 11.9. The fourth-order valence-corrected chi connectivity index (χ4v) is 6.14. The third-order valence-electron chi connectivity index (χ3n) is 6.85. The first-order valence-corrected chi connectivity index (χ1v) is 12.7. The van der Waals surface area contributed by atoms with Gasteiger partial charge in [-0.05, 0) is 67.8 Å². The molecule has 2 aromatic heterocycles. The topological polar surface area (TPSA) is 53.7 Å². The Hall–Kier alpha value is -2.70. The van der Waals surface area contributed by atoms with Crippen LogP contribution in [0.4, 0.5) is 0 Å². The zero-order valence-electron chi connectivity index (χ0n) is 19.6. The minimum atomic E-state index is 0.0118. The molecule has 1 aliphatic heterocycles. The van der Waals surface area contributed by atoms with E-state index >= 15 is 0 Å². The maximum Gasteiger partial charge on any atom is 0.230 e. The number of aryl methyl sites for hydroxylation is 1. The summed E-state index contributed by atoms with van der Waals surface area (Å²) in [5.74, 6) is 2.10. The van der Waals surface area contributed by atoms with E-state index in [0.717, 1.165) is 42.2 Å². The smallest absolute Gasteiger partial charge is 0.230 e. The lowest BCUT2D eigenvalue weighted by Crippen LogP contribution is -2.37. The van der Waals surface area contributed by atoms with Gasteiger partial charge in [-0.15, -0.1) is 5.10 Å². The molecule has 172 valence electrons. The van der Waals surface area contributed by atoms with Crippen molar-refractivity contribution in [2.24, 2.45) is 5.92 Å². The van der Waals surface area contributed by atoms with Gasteiger partial charge in [0, 0.05) is 0 Å². The zero-order chi connectivity index (χ0) is 22.9. The van der Waals surface area contributed by atoms with Gasteiger partial charge in [-0.25, -0.2) is 4.98 Å². The molecule has 0 amide bonds. The van der Waals surface area contributed by atoms with Crippen molar-refractivity contribution in [2.45, 2.75) is 52.0 Å². The summed E-state index contributed by atoms with van der Waals surface area (Å²) in [6.07, 6.45) is 3.47. The van der Waals surface area contributed by atoms with Crippen LogP contribution < -0.4 is 0 Å². The lowest BCUT2D eigenvalue weighted by atomic mass is 9.88. The number of aromatic hydroxyl groups is 1. The molecule has 1 saturated heterocycles. The summed E-state index contributed by atoms with van der Waals surface area (Å²) in [4.78, 5) is 8.72. The summed E-state index contributed by atoms with van der Waals surface area (Å²) in [6.45, 7) is 8.33. The standard InChI is InChI=1S/C27H32N4OS/c1-18(2)22-9-11-23(12-10-22)24(25-26(32)31-27(33-25)28-19(3)29-31)30-15-13-21(14-16-30)17-20-7-5-4-6-8-20/h4-12,18,21,24,32H,13-17H2,1-3H3. The largest absolute Gasteiger partial charge is 0.492 e. The summed E-state index contributed by atoms with van der Waals surface area (Å²) in [6, 6.07) is 19.8. The number of hydrogen-bond donors (Lipinski definition) is 1. The van der Waals surface area contributed by atoms with Crippen molar-refractivity contribution in [3.63, 3.8) is 0 Å². The molecule has 0 saturated carbocycles. The number of thiazole rings is 1. The van der Waals surface area contributed by atoms with Crippen LogP contribution in [0.1, 0.15) is 66.0 Å². The van der Waals surface area contributed by atoms with Gasteiger partial charge in [0.15, 0.2) is 0 Å². The SMILES string of the molecule is Cc1nc2sc(C(c3ccc(C(C)C)cc3)N3CCC(Cc4ccccc4)CC3)c(O)n2n1. The monoisotopic (exact) mass is 460 g/mol. The van der Waals surface area contributed by atoms with Crippen molar-refractivity contribution in [3.8, 4) is 5.88 Å². The predicted octanol–water partition coefficient (Wildman–Crippen LogP) is 5.97. The normalized spacial score (nSPS) is 16.6. The second-order valence-corrected chi connectivity index (χ2v) is 10.5. The van der Waals surface area contributed by atoms with Crippen molar-refractivity contribution < 1.29 is 5.11 Å². The lowest BCUT2D eigenvalue weighted by Gasteiger charge is -2.37. The molecular weight excluding hydrogens is 428 g/mol. The Labute approximate surface area is 199 Å². The van der Waals surface area contributed by atoms with Crippen LogP contribution in [0.2, 0.25) is 0 Å². The molecule has 0 spiro atoms. The van der Waals surface area contributed by atoms with Crippen LogP contribution in [0.15, 0.2) is 54.6 Å². The molecule has 5 rings (SSSR count). The Balaban J connectivity index is 1.42. The van der Waals surface area contributed by atoms with Crippen LogP contribution in [0.3, 0.4) is 0 Å². The highest BCUT2D eigenvalue weighted by molar-refractivity contribution is 7.17. The Bertz CT molecular complexity index is 1200. The van der Waals surface area contributed by atoms with Crippen LogP contribution >= 0.6 is 11.3 Å². The number of likely N-dealkylation sites (tertiary alicyclic amines) is 1. The summed E-state index contributed by atoms with van der Waals surface area (Å²) >= 11 is 1.55. The van der Waals surface area contributed by atoms with Gasteiger partial charge in [-0.1, -0.05) is 79.8 Å². The van der Waals surface area contributed by atoms with E-state index in [2.05, 4.69) is 83.4 Å². The summed E-state index contributed by atoms with van der Waals surface area (Å²) < 4.78 is 1.59. The highest BCUT2D eigenvalue weighted by atomic mass is 32.1. The third-order valence-corrected chi connectivity index (χ3v) is 7.93. The number of hydrogen-bond acceptors (Lipinski definition) is 5. The lowest BCUT2D eigenvalue weighted by molar-refractivity contribution is 0.150. The van der Waals surface area contributed by atoms with Gasteiger partial charge in [0.2, 0.25) is 10.8 Å². The summed E-state index contributed by atoms with van der Waals surface area (Å²) in [7, 11) is 0. The van der Waals surface area contributed by atoms with Gasteiger partial charge < -0.3 is 5.11 Å². The van der Waals surface area contributed by atoms with Gasteiger partial charge in [0.1, 0.15) is 5.82 Å². The molecule has 0 radical (unpaired) electrons. The Morgan fingerprint density at radius 3 is 2.30 bits per heavy atom. The molecule has 3 heterocycles. The number of rotatable bonds is 6. The first kappa shape index (κ1) is 22.1. The maximum absolute atomic E-state index is 11.1. The molecule has 5 nitrogen and oxygen atoms in total. The van der Waals surface area contributed by atoms with Crippen LogP contribution in [-0.2, 0) is 6.42 Å². The summed E-state index contributed by atoms with van der Waals surface area (Å²) in [5, 5.41) is 15.5. The molecule has 0 aliphatic carbocycles. The summed E-state index contributed by atoms with van der Waals surface area (Å²) in [5.41, 5.74) is 3.98. The molecule has 1 atom stereocenters. The number of nitrogens with zero attached hydrogens (tertiary/aromatic N) is 4.